The minimum atomic E-state index is -0.685. The molecule has 7 heteroatoms. The van der Waals surface area contributed by atoms with Gasteiger partial charge in [-0.15, -0.1) is 11.8 Å². The van der Waals surface area contributed by atoms with Crippen LogP contribution in [0.5, 0.6) is 0 Å². The number of carbonyl (C=O) groups is 3. The fourth-order valence-corrected chi connectivity index (χ4v) is 3.71. The summed E-state index contributed by atoms with van der Waals surface area (Å²) in [6.45, 7) is 1.22. The zero-order chi connectivity index (χ0) is 17.4. The van der Waals surface area contributed by atoms with E-state index >= 15 is 0 Å². The maximum atomic E-state index is 12.6. The molecule has 128 valence electrons. The summed E-state index contributed by atoms with van der Waals surface area (Å²) in [6, 6.07) is 5.29. The Kier molecular flexibility index (Phi) is 4.54. The van der Waals surface area contributed by atoms with E-state index in [4.69, 9.17) is 0 Å². The Morgan fingerprint density at radius 1 is 1.25 bits per heavy atom. The Bertz CT molecular complexity index is 706. The van der Waals surface area contributed by atoms with E-state index in [9.17, 15) is 14.4 Å². The zero-order valence-electron chi connectivity index (χ0n) is 14.1. The highest BCUT2D eigenvalue weighted by molar-refractivity contribution is 7.98. The molecular weight excluding hydrogens is 326 g/mol. The second-order valence-electron chi connectivity index (χ2n) is 6.21. The molecule has 2 aliphatic rings. The average molecular weight is 347 g/mol. The number of urea groups is 1. The summed E-state index contributed by atoms with van der Waals surface area (Å²) in [5, 5.41) is 0. The van der Waals surface area contributed by atoms with Gasteiger partial charge >= 0.3 is 6.03 Å². The van der Waals surface area contributed by atoms with Crippen LogP contribution in [-0.2, 0) is 22.6 Å². The molecule has 2 heterocycles. The largest absolute Gasteiger partial charge is 0.338 e. The van der Waals surface area contributed by atoms with Crippen LogP contribution in [0.4, 0.5) is 4.79 Å². The molecule has 1 fully saturated rings. The Labute approximate surface area is 145 Å². The Balaban J connectivity index is 1.68. The molecule has 0 unspecified atom stereocenters. The number of benzene rings is 1. The number of imide groups is 1. The highest BCUT2D eigenvalue weighted by atomic mass is 32.2. The van der Waals surface area contributed by atoms with Crippen LogP contribution >= 0.6 is 11.8 Å². The van der Waals surface area contributed by atoms with Crippen molar-refractivity contribution >= 4 is 29.6 Å². The summed E-state index contributed by atoms with van der Waals surface area (Å²) >= 11 is 1.71. The number of nitrogens with zero attached hydrogens (tertiary/aromatic N) is 3. The maximum absolute atomic E-state index is 12.6. The van der Waals surface area contributed by atoms with Crippen molar-refractivity contribution in [2.75, 3.05) is 26.9 Å². The second-order valence-corrected chi connectivity index (χ2v) is 7.09. The molecule has 0 bridgehead atoms. The van der Waals surface area contributed by atoms with Crippen molar-refractivity contribution in [1.29, 1.82) is 0 Å². The Morgan fingerprint density at radius 2 is 2.00 bits per heavy atom. The molecule has 4 amide bonds. The molecule has 0 aromatic heterocycles. The van der Waals surface area contributed by atoms with E-state index in [1.807, 2.05) is 6.26 Å². The summed E-state index contributed by atoms with van der Waals surface area (Å²) in [6.07, 6.45) is 2.92. The number of likely N-dealkylation sites (N-methyl/N-ethyl adjacent to an activating group) is 2. The van der Waals surface area contributed by atoms with Crippen LogP contribution in [-0.4, -0.2) is 65.5 Å². The summed E-state index contributed by atoms with van der Waals surface area (Å²) in [5.74, 6) is -0.388. The van der Waals surface area contributed by atoms with Crippen LogP contribution in [0.25, 0.3) is 0 Å². The number of carbonyl (C=O) groups excluding carboxylic acids is 3. The lowest BCUT2D eigenvalue weighted by atomic mass is 9.99. The van der Waals surface area contributed by atoms with Crippen molar-refractivity contribution in [1.82, 2.24) is 14.7 Å². The first kappa shape index (κ1) is 16.8. The van der Waals surface area contributed by atoms with Crippen molar-refractivity contribution in [3.05, 3.63) is 29.3 Å². The van der Waals surface area contributed by atoms with Crippen molar-refractivity contribution in [2.45, 2.75) is 30.3 Å². The molecule has 0 radical (unpaired) electrons. The number of hydrogen-bond donors (Lipinski definition) is 0. The number of amides is 4. The van der Waals surface area contributed by atoms with Crippen LogP contribution in [0.1, 0.15) is 17.5 Å². The number of fused-ring (bicyclic) bond motifs is 1. The smallest absolute Gasteiger partial charge is 0.326 e. The maximum Gasteiger partial charge on any atom is 0.326 e. The molecule has 2 aliphatic heterocycles. The third-order valence-electron chi connectivity index (χ3n) is 4.82. The topological polar surface area (TPSA) is 60.9 Å². The molecular formula is C17H21N3O3S. The summed E-state index contributed by atoms with van der Waals surface area (Å²) < 4.78 is 0. The molecule has 1 aromatic carbocycles. The molecule has 0 spiro atoms. The fourth-order valence-electron chi connectivity index (χ4n) is 3.24. The van der Waals surface area contributed by atoms with E-state index in [0.717, 1.165) is 16.9 Å². The van der Waals surface area contributed by atoms with Gasteiger partial charge in [0.05, 0.1) is 6.42 Å². The van der Waals surface area contributed by atoms with Crippen LogP contribution in [0.15, 0.2) is 23.1 Å². The first-order valence-corrected chi connectivity index (χ1v) is 9.12. The summed E-state index contributed by atoms with van der Waals surface area (Å²) in [7, 11) is 3.02. The van der Waals surface area contributed by atoms with Crippen molar-refractivity contribution in [3.8, 4) is 0 Å². The van der Waals surface area contributed by atoms with Gasteiger partial charge in [-0.2, -0.15) is 0 Å². The third-order valence-corrected chi connectivity index (χ3v) is 5.54. The zero-order valence-corrected chi connectivity index (χ0v) is 14.9. The molecule has 24 heavy (non-hydrogen) atoms. The summed E-state index contributed by atoms with van der Waals surface area (Å²) in [4.78, 5) is 42.0. The van der Waals surface area contributed by atoms with Gasteiger partial charge in [0.1, 0.15) is 6.04 Å². The van der Waals surface area contributed by atoms with Crippen LogP contribution in [0.3, 0.4) is 0 Å². The van der Waals surface area contributed by atoms with Crippen LogP contribution in [0.2, 0.25) is 0 Å². The van der Waals surface area contributed by atoms with Crippen molar-refractivity contribution in [3.63, 3.8) is 0 Å². The lowest BCUT2D eigenvalue weighted by Crippen LogP contribution is -2.41. The Hall–Kier alpha value is -2.02. The van der Waals surface area contributed by atoms with Crippen LogP contribution < -0.4 is 0 Å². The molecule has 6 nitrogen and oxygen atoms in total. The normalized spacial score (nSPS) is 20.6. The first-order valence-electron chi connectivity index (χ1n) is 7.90. The molecule has 1 atom stereocenters. The number of thioether (sulfide) groups is 1. The SMILES string of the molecule is CSc1ccc2c(c1)CCN(C(=O)C[C@@H]1C(=O)N(C)C(=O)N1C)C2. The predicted molar refractivity (Wildman–Crippen MR) is 91.7 cm³/mol. The van der Waals surface area contributed by atoms with Gasteiger partial charge in [-0.3, -0.25) is 14.5 Å². The number of rotatable bonds is 3. The van der Waals surface area contributed by atoms with Crippen molar-refractivity contribution < 1.29 is 14.4 Å². The third kappa shape index (κ3) is 2.88. The highest BCUT2D eigenvalue weighted by Crippen LogP contribution is 2.25. The molecule has 0 N–H and O–H groups in total. The van der Waals surface area contributed by atoms with Gasteiger partial charge in [0.25, 0.3) is 5.91 Å². The van der Waals surface area contributed by atoms with Gasteiger partial charge in [0.2, 0.25) is 5.91 Å². The molecule has 3 rings (SSSR count). The van der Waals surface area contributed by atoms with Gasteiger partial charge in [0.15, 0.2) is 0 Å². The Morgan fingerprint density at radius 3 is 2.62 bits per heavy atom. The molecule has 1 aromatic rings. The lowest BCUT2D eigenvalue weighted by molar-refractivity contribution is -0.137. The fraction of sp³-hybridized carbons (Fsp3) is 0.471. The first-order chi connectivity index (χ1) is 11.4. The second kappa shape index (κ2) is 6.47. The van der Waals surface area contributed by atoms with E-state index in [0.29, 0.717) is 13.1 Å². The van der Waals surface area contributed by atoms with E-state index in [2.05, 4.69) is 18.2 Å². The monoisotopic (exact) mass is 347 g/mol. The summed E-state index contributed by atoms with van der Waals surface area (Å²) in [5.41, 5.74) is 2.45. The van der Waals surface area contributed by atoms with Gasteiger partial charge in [-0.1, -0.05) is 6.07 Å². The van der Waals surface area contributed by atoms with E-state index in [-0.39, 0.29) is 24.3 Å². The minimum Gasteiger partial charge on any atom is -0.338 e. The van der Waals surface area contributed by atoms with E-state index < -0.39 is 6.04 Å². The highest BCUT2D eigenvalue weighted by Gasteiger charge is 2.42. The van der Waals surface area contributed by atoms with E-state index in [1.54, 1.807) is 23.7 Å². The van der Waals surface area contributed by atoms with Gasteiger partial charge in [0, 0.05) is 32.1 Å². The molecule has 0 aliphatic carbocycles. The standard InChI is InChI=1S/C17H21N3O3S/c1-18-14(16(22)19(2)17(18)23)9-15(21)20-7-6-11-8-13(24-3)5-4-12(11)10-20/h4-5,8,14H,6-7,9-10H2,1-3H3/t14-/m1/s1. The van der Waals surface area contributed by atoms with Gasteiger partial charge < -0.3 is 9.80 Å². The van der Waals surface area contributed by atoms with E-state index in [1.165, 1.54) is 22.4 Å². The molecule has 1 saturated heterocycles. The van der Waals surface area contributed by atoms with Gasteiger partial charge in [-0.05, 0) is 35.9 Å². The van der Waals surface area contributed by atoms with Crippen molar-refractivity contribution in [2.24, 2.45) is 0 Å². The predicted octanol–water partition coefficient (Wildman–Crippen LogP) is 1.58. The lowest BCUT2D eigenvalue weighted by Gasteiger charge is -2.30. The number of hydrogen-bond acceptors (Lipinski definition) is 4. The van der Waals surface area contributed by atoms with Crippen LogP contribution in [0, 0.1) is 0 Å². The molecule has 0 saturated carbocycles. The average Bonchev–Trinajstić information content (AvgIpc) is 2.78. The minimum absolute atomic E-state index is 0.0453. The quantitative estimate of drug-likeness (QED) is 0.615. The van der Waals surface area contributed by atoms with Gasteiger partial charge in [-0.25, -0.2) is 4.79 Å².